The van der Waals surface area contributed by atoms with Crippen molar-refractivity contribution in [3.05, 3.63) is 19.2 Å². The third kappa shape index (κ3) is 4.29. The summed E-state index contributed by atoms with van der Waals surface area (Å²) >= 11 is 8.54. The van der Waals surface area contributed by atoms with Gasteiger partial charge in [0.05, 0.1) is 10.4 Å². The molecular formula is C14H19Br2NO2S. The Kier molecular flexibility index (Phi) is 6.52. The lowest BCUT2D eigenvalue weighted by molar-refractivity contribution is -0.146. The highest BCUT2D eigenvalue weighted by atomic mass is 79.9. The zero-order valence-electron chi connectivity index (χ0n) is 11.5. The topological polar surface area (TPSA) is 38.3 Å². The van der Waals surface area contributed by atoms with Gasteiger partial charge in [-0.05, 0) is 57.7 Å². The van der Waals surface area contributed by atoms with E-state index >= 15 is 0 Å². The Balaban J connectivity index is 2.13. The Bertz CT molecular complexity index is 439. The molecule has 3 nitrogen and oxygen atoms in total. The van der Waals surface area contributed by atoms with E-state index in [1.807, 2.05) is 13.0 Å². The predicted molar refractivity (Wildman–Crippen MR) is 89.1 cm³/mol. The quantitative estimate of drug-likeness (QED) is 0.689. The molecule has 1 aromatic heterocycles. The highest BCUT2D eigenvalue weighted by Gasteiger charge is 2.28. The van der Waals surface area contributed by atoms with Crippen LogP contribution in [0.5, 0.6) is 0 Å². The van der Waals surface area contributed by atoms with E-state index in [4.69, 9.17) is 4.74 Å². The normalized spacial score (nSPS) is 17.9. The van der Waals surface area contributed by atoms with Crippen molar-refractivity contribution in [3.8, 4) is 0 Å². The maximum absolute atomic E-state index is 12.2. The molecule has 1 N–H and O–H groups in total. The summed E-state index contributed by atoms with van der Waals surface area (Å²) in [6, 6.07) is 2.05. The summed E-state index contributed by atoms with van der Waals surface area (Å²) in [4.78, 5) is 13.2. The van der Waals surface area contributed by atoms with E-state index in [1.54, 1.807) is 11.3 Å². The second-order valence-corrected chi connectivity index (χ2v) is 8.21. The van der Waals surface area contributed by atoms with E-state index in [2.05, 4.69) is 37.2 Å². The van der Waals surface area contributed by atoms with Crippen molar-refractivity contribution in [1.29, 1.82) is 0 Å². The van der Waals surface area contributed by atoms with Gasteiger partial charge in [-0.3, -0.25) is 5.32 Å². The first-order valence-electron chi connectivity index (χ1n) is 6.99. The molecule has 1 aliphatic rings. The second kappa shape index (κ2) is 7.92. The zero-order chi connectivity index (χ0) is 14.5. The standard InChI is InChI=1S/C14H19Br2NO2S/c1-2-19-14(18)12(11-8-10(15)13(16)20-11)17-9-6-4-3-5-7-9/h8-9,12,17H,2-7H2,1H3. The third-order valence-corrected chi connectivity index (χ3v) is 6.80. The van der Waals surface area contributed by atoms with E-state index in [1.165, 1.54) is 19.3 Å². The number of hydrogen-bond donors (Lipinski definition) is 1. The molecule has 1 aromatic rings. The molecule has 1 heterocycles. The first-order chi connectivity index (χ1) is 9.61. The van der Waals surface area contributed by atoms with E-state index in [0.717, 1.165) is 26.0 Å². The van der Waals surface area contributed by atoms with Gasteiger partial charge in [-0.1, -0.05) is 19.3 Å². The molecule has 2 rings (SSSR count). The summed E-state index contributed by atoms with van der Waals surface area (Å²) in [5.74, 6) is -0.181. The number of ether oxygens (including phenoxy) is 1. The van der Waals surface area contributed by atoms with Crippen molar-refractivity contribution in [2.24, 2.45) is 0 Å². The fourth-order valence-corrected chi connectivity index (χ4v) is 4.64. The first-order valence-corrected chi connectivity index (χ1v) is 9.39. The van der Waals surface area contributed by atoms with Crippen LogP contribution >= 0.6 is 43.2 Å². The fraction of sp³-hybridized carbons (Fsp3) is 0.643. The van der Waals surface area contributed by atoms with Crippen LogP contribution in [-0.2, 0) is 9.53 Å². The van der Waals surface area contributed by atoms with Crippen molar-refractivity contribution in [2.45, 2.75) is 51.1 Å². The number of carbonyl (C=O) groups excluding carboxylic acids is 1. The molecule has 0 bridgehead atoms. The molecule has 1 saturated carbocycles. The van der Waals surface area contributed by atoms with Gasteiger partial charge < -0.3 is 4.74 Å². The molecular weight excluding hydrogens is 406 g/mol. The molecule has 0 amide bonds. The lowest BCUT2D eigenvalue weighted by Crippen LogP contribution is -2.38. The van der Waals surface area contributed by atoms with E-state index < -0.39 is 0 Å². The molecule has 1 unspecified atom stereocenters. The molecule has 0 radical (unpaired) electrons. The smallest absolute Gasteiger partial charge is 0.328 e. The fourth-order valence-electron chi connectivity index (χ4n) is 2.50. The molecule has 1 aliphatic carbocycles. The second-order valence-electron chi connectivity index (χ2n) is 4.96. The maximum Gasteiger partial charge on any atom is 0.328 e. The van der Waals surface area contributed by atoms with Crippen molar-refractivity contribution >= 4 is 49.2 Å². The Morgan fingerprint density at radius 1 is 1.45 bits per heavy atom. The number of carbonyl (C=O) groups is 1. The summed E-state index contributed by atoms with van der Waals surface area (Å²) in [5.41, 5.74) is 0. The van der Waals surface area contributed by atoms with E-state index in [0.29, 0.717) is 12.6 Å². The van der Waals surface area contributed by atoms with Gasteiger partial charge in [0.1, 0.15) is 6.04 Å². The van der Waals surface area contributed by atoms with Gasteiger partial charge in [-0.15, -0.1) is 11.3 Å². The molecule has 112 valence electrons. The van der Waals surface area contributed by atoms with Gasteiger partial charge >= 0.3 is 5.97 Å². The van der Waals surface area contributed by atoms with Crippen LogP contribution in [-0.4, -0.2) is 18.6 Å². The van der Waals surface area contributed by atoms with Gasteiger partial charge in [0, 0.05) is 15.4 Å². The van der Waals surface area contributed by atoms with Crippen LogP contribution in [0.3, 0.4) is 0 Å². The van der Waals surface area contributed by atoms with Gasteiger partial charge in [-0.2, -0.15) is 0 Å². The number of halogens is 2. The SMILES string of the molecule is CCOC(=O)C(NC1CCCCC1)c1cc(Br)c(Br)s1. The van der Waals surface area contributed by atoms with Crippen LogP contribution in [0.2, 0.25) is 0 Å². The molecule has 20 heavy (non-hydrogen) atoms. The van der Waals surface area contributed by atoms with Gasteiger partial charge in [0.25, 0.3) is 0 Å². The first kappa shape index (κ1) is 16.5. The number of esters is 1. The summed E-state index contributed by atoms with van der Waals surface area (Å²) in [5, 5.41) is 3.49. The van der Waals surface area contributed by atoms with Crippen molar-refractivity contribution in [2.75, 3.05) is 6.61 Å². The number of hydrogen-bond acceptors (Lipinski definition) is 4. The molecule has 1 fully saturated rings. The average molecular weight is 425 g/mol. The van der Waals surface area contributed by atoms with Crippen LogP contribution < -0.4 is 5.32 Å². The van der Waals surface area contributed by atoms with Crippen LogP contribution in [0.1, 0.15) is 49.9 Å². The number of nitrogens with one attached hydrogen (secondary N) is 1. The average Bonchev–Trinajstić information content (AvgIpc) is 2.77. The van der Waals surface area contributed by atoms with Gasteiger partial charge in [0.2, 0.25) is 0 Å². The highest BCUT2D eigenvalue weighted by Crippen LogP contribution is 2.36. The minimum atomic E-state index is -0.356. The molecule has 0 saturated heterocycles. The molecule has 0 spiro atoms. The molecule has 1 atom stereocenters. The van der Waals surface area contributed by atoms with Crippen LogP contribution in [0.25, 0.3) is 0 Å². The van der Waals surface area contributed by atoms with Crippen LogP contribution in [0.4, 0.5) is 0 Å². The van der Waals surface area contributed by atoms with Crippen LogP contribution in [0, 0.1) is 0 Å². The van der Waals surface area contributed by atoms with Crippen molar-refractivity contribution in [1.82, 2.24) is 5.32 Å². The number of thiophene rings is 1. The summed E-state index contributed by atoms with van der Waals surface area (Å²) in [6.07, 6.45) is 6.07. The van der Waals surface area contributed by atoms with Crippen LogP contribution in [0.15, 0.2) is 14.3 Å². The Labute approximate surface area is 140 Å². The molecule has 6 heteroatoms. The summed E-state index contributed by atoms with van der Waals surface area (Å²) < 4.78 is 7.21. The monoisotopic (exact) mass is 423 g/mol. The Morgan fingerprint density at radius 3 is 2.70 bits per heavy atom. The summed E-state index contributed by atoms with van der Waals surface area (Å²) in [7, 11) is 0. The zero-order valence-corrected chi connectivity index (χ0v) is 15.4. The van der Waals surface area contributed by atoms with Gasteiger partial charge in [-0.25, -0.2) is 4.79 Å². The Morgan fingerprint density at radius 2 is 2.15 bits per heavy atom. The lowest BCUT2D eigenvalue weighted by atomic mass is 9.95. The highest BCUT2D eigenvalue weighted by molar-refractivity contribution is 9.13. The lowest BCUT2D eigenvalue weighted by Gasteiger charge is -2.27. The molecule has 0 aliphatic heterocycles. The summed E-state index contributed by atoms with van der Waals surface area (Å²) in [6.45, 7) is 2.26. The maximum atomic E-state index is 12.2. The van der Waals surface area contributed by atoms with Gasteiger partial charge in [0.15, 0.2) is 0 Å². The van der Waals surface area contributed by atoms with Crippen molar-refractivity contribution < 1.29 is 9.53 Å². The van der Waals surface area contributed by atoms with E-state index in [-0.39, 0.29) is 12.0 Å². The minimum Gasteiger partial charge on any atom is -0.465 e. The molecule has 0 aromatic carbocycles. The Hall–Kier alpha value is 0.0900. The minimum absolute atomic E-state index is 0.181. The largest absolute Gasteiger partial charge is 0.465 e. The van der Waals surface area contributed by atoms with Crippen molar-refractivity contribution in [3.63, 3.8) is 0 Å². The predicted octanol–water partition coefficient (Wildman–Crippen LogP) is 4.80. The van der Waals surface area contributed by atoms with E-state index in [9.17, 15) is 4.79 Å². The number of rotatable bonds is 5. The third-order valence-electron chi connectivity index (χ3n) is 3.48.